The van der Waals surface area contributed by atoms with Gasteiger partial charge in [-0.15, -0.1) is 0 Å². The number of benzene rings is 1. The van der Waals surface area contributed by atoms with E-state index in [2.05, 4.69) is 40.5 Å². The molecule has 2 amide bonds. The Kier molecular flexibility index (Phi) is 5.41. The molecule has 130 valence electrons. The van der Waals surface area contributed by atoms with Gasteiger partial charge in [0.2, 0.25) is 0 Å². The number of fused-ring (bicyclic) bond motifs is 1. The number of nitrogens with zero attached hydrogens (tertiary/aromatic N) is 1. The van der Waals surface area contributed by atoms with Gasteiger partial charge in [-0.3, -0.25) is 0 Å². The van der Waals surface area contributed by atoms with E-state index >= 15 is 0 Å². The number of aliphatic hydroxyl groups excluding tert-OH is 1. The fourth-order valence-corrected chi connectivity index (χ4v) is 3.57. The summed E-state index contributed by atoms with van der Waals surface area (Å²) in [6.07, 6.45) is 6.78. The molecule has 1 fully saturated rings. The van der Waals surface area contributed by atoms with Gasteiger partial charge in [-0.05, 0) is 55.9 Å². The van der Waals surface area contributed by atoms with E-state index < -0.39 is 0 Å². The van der Waals surface area contributed by atoms with Crippen molar-refractivity contribution in [3.63, 3.8) is 0 Å². The van der Waals surface area contributed by atoms with E-state index in [1.165, 1.54) is 5.52 Å². The summed E-state index contributed by atoms with van der Waals surface area (Å²) in [6, 6.07) is 7.90. The molecule has 2 unspecified atom stereocenters. The van der Waals surface area contributed by atoms with Crippen molar-refractivity contribution in [2.24, 2.45) is 5.92 Å². The van der Waals surface area contributed by atoms with Crippen LogP contribution in [0.5, 0.6) is 0 Å². The SMILES string of the molecule is CCCn1ccc2cc(NC(=O)NCC3CCCC(O)C3)ccc21. The van der Waals surface area contributed by atoms with Gasteiger partial charge in [0.05, 0.1) is 6.10 Å². The van der Waals surface area contributed by atoms with Crippen molar-refractivity contribution < 1.29 is 9.90 Å². The second kappa shape index (κ2) is 7.71. The molecular weight excluding hydrogens is 302 g/mol. The Labute approximate surface area is 143 Å². The van der Waals surface area contributed by atoms with Crippen molar-refractivity contribution in [1.82, 2.24) is 9.88 Å². The van der Waals surface area contributed by atoms with Crippen molar-refractivity contribution >= 4 is 22.6 Å². The van der Waals surface area contributed by atoms with Gasteiger partial charge in [0.25, 0.3) is 0 Å². The monoisotopic (exact) mass is 329 g/mol. The number of aryl methyl sites for hydroxylation is 1. The molecule has 1 aromatic heterocycles. The molecule has 0 aliphatic heterocycles. The molecule has 0 bridgehead atoms. The standard InChI is InChI=1S/C19H27N3O2/c1-2-9-22-10-8-15-12-16(6-7-18(15)22)21-19(24)20-13-14-4-3-5-17(23)11-14/h6-8,10,12,14,17,23H,2-5,9,11,13H2,1H3,(H2,20,21,24). The summed E-state index contributed by atoms with van der Waals surface area (Å²) in [4.78, 5) is 12.1. The number of urea groups is 1. The van der Waals surface area contributed by atoms with Gasteiger partial charge in [-0.1, -0.05) is 13.3 Å². The van der Waals surface area contributed by atoms with Gasteiger partial charge in [0.15, 0.2) is 0 Å². The molecule has 0 radical (unpaired) electrons. The molecule has 0 saturated heterocycles. The van der Waals surface area contributed by atoms with E-state index in [0.29, 0.717) is 12.5 Å². The predicted octanol–water partition coefficient (Wildman–Crippen LogP) is 3.72. The summed E-state index contributed by atoms with van der Waals surface area (Å²) < 4.78 is 2.23. The molecule has 2 aromatic rings. The lowest BCUT2D eigenvalue weighted by Gasteiger charge is -2.25. The Balaban J connectivity index is 1.55. The molecule has 5 nitrogen and oxygen atoms in total. The highest BCUT2D eigenvalue weighted by molar-refractivity contribution is 5.92. The maximum Gasteiger partial charge on any atom is 0.319 e. The molecule has 5 heteroatoms. The molecular formula is C19H27N3O2. The average molecular weight is 329 g/mol. The number of amides is 2. The maximum atomic E-state index is 12.1. The van der Waals surface area contributed by atoms with Crippen LogP contribution in [0, 0.1) is 5.92 Å². The van der Waals surface area contributed by atoms with Crippen LogP contribution in [-0.4, -0.2) is 28.4 Å². The molecule has 1 heterocycles. The van der Waals surface area contributed by atoms with Crippen LogP contribution < -0.4 is 10.6 Å². The number of carbonyl (C=O) groups excluding carboxylic acids is 1. The lowest BCUT2D eigenvalue weighted by molar-refractivity contribution is 0.101. The lowest BCUT2D eigenvalue weighted by atomic mass is 9.87. The van der Waals surface area contributed by atoms with Crippen LogP contribution in [0.4, 0.5) is 10.5 Å². The van der Waals surface area contributed by atoms with Gasteiger partial charge < -0.3 is 20.3 Å². The van der Waals surface area contributed by atoms with E-state index in [1.807, 2.05) is 12.1 Å². The zero-order chi connectivity index (χ0) is 16.9. The first-order valence-corrected chi connectivity index (χ1v) is 8.97. The molecule has 1 saturated carbocycles. The van der Waals surface area contributed by atoms with E-state index in [9.17, 15) is 9.90 Å². The van der Waals surface area contributed by atoms with Gasteiger partial charge in [0.1, 0.15) is 0 Å². The molecule has 24 heavy (non-hydrogen) atoms. The highest BCUT2D eigenvalue weighted by Gasteiger charge is 2.20. The summed E-state index contributed by atoms with van der Waals surface area (Å²) in [5.74, 6) is 0.380. The third kappa shape index (κ3) is 4.09. The second-order valence-electron chi connectivity index (χ2n) is 6.80. The lowest BCUT2D eigenvalue weighted by Crippen LogP contribution is -2.35. The molecule has 3 N–H and O–H groups in total. The van der Waals surface area contributed by atoms with Crippen LogP contribution in [0.15, 0.2) is 30.5 Å². The Bertz CT molecular complexity index is 695. The molecule has 2 atom stereocenters. The summed E-state index contributed by atoms with van der Waals surface area (Å²) in [6.45, 7) is 3.79. The zero-order valence-corrected chi connectivity index (χ0v) is 14.3. The van der Waals surface area contributed by atoms with E-state index in [4.69, 9.17) is 0 Å². The first-order chi connectivity index (χ1) is 11.7. The van der Waals surface area contributed by atoms with Crippen LogP contribution in [0.3, 0.4) is 0 Å². The molecule has 3 rings (SSSR count). The Hall–Kier alpha value is -2.01. The van der Waals surface area contributed by atoms with Crippen LogP contribution in [0.25, 0.3) is 10.9 Å². The molecule has 1 aliphatic carbocycles. The third-order valence-electron chi connectivity index (χ3n) is 4.80. The predicted molar refractivity (Wildman–Crippen MR) is 97.2 cm³/mol. The topological polar surface area (TPSA) is 66.3 Å². The summed E-state index contributed by atoms with van der Waals surface area (Å²) in [5.41, 5.74) is 2.00. The number of aliphatic hydroxyl groups is 1. The minimum Gasteiger partial charge on any atom is -0.393 e. The smallest absolute Gasteiger partial charge is 0.319 e. The maximum absolute atomic E-state index is 12.1. The normalized spacial score (nSPS) is 20.9. The van der Waals surface area contributed by atoms with Gasteiger partial charge in [-0.25, -0.2) is 4.79 Å². The number of rotatable bonds is 5. The second-order valence-corrected chi connectivity index (χ2v) is 6.80. The van der Waals surface area contributed by atoms with E-state index in [1.54, 1.807) is 0 Å². The Morgan fingerprint density at radius 1 is 1.33 bits per heavy atom. The number of aromatic nitrogens is 1. The van der Waals surface area contributed by atoms with Crippen molar-refractivity contribution in [2.45, 2.75) is 51.7 Å². The van der Waals surface area contributed by atoms with Crippen LogP contribution in [0.2, 0.25) is 0 Å². The van der Waals surface area contributed by atoms with Crippen molar-refractivity contribution in [3.05, 3.63) is 30.5 Å². The third-order valence-corrected chi connectivity index (χ3v) is 4.80. The first kappa shape index (κ1) is 16.8. The van der Waals surface area contributed by atoms with Crippen LogP contribution in [0.1, 0.15) is 39.0 Å². The van der Waals surface area contributed by atoms with E-state index in [0.717, 1.165) is 49.7 Å². The number of hydrogen-bond acceptors (Lipinski definition) is 2. The number of hydrogen-bond donors (Lipinski definition) is 3. The first-order valence-electron chi connectivity index (χ1n) is 8.97. The highest BCUT2D eigenvalue weighted by atomic mass is 16.3. The van der Waals surface area contributed by atoms with Crippen LogP contribution >= 0.6 is 0 Å². The van der Waals surface area contributed by atoms with E-state index in [-0.39, 0.29) is 12.1 Å². The average Bonchev–Trinajstić information content (AvgIpc) is 2.96. The van der Waals surface area contributed by atoms with Crippen molar-refractivity contribution in [1.29, 1.82) is 0 Å². The Morgan fingerprint density at radius 2 is 2.21 bits per heavy atom. The molecule has 1 aromatic carbocycles. The quantitative estimate of drug-likeness (QED) is 0.782. The van der Waals surface area contributed by atoms with Crippen molar-refractivity contribution in [3.8, 4) is 0 Å². The molecule has 0 spiro atoms. The zero-order valence-electron chi connectivity index (χ0n) is 14.3. The fraction of sp³-hybridized carbons (Fsp3) is 0.526. The summed E-state index contributed by atoms with van der Waals surface area (Å²) in [5, 5.41) is 16.7. The number of nitrogens with one attached hydrogen (secondary N) is 2. The molecule has 1 aliphatic rings. The highest BCUT2D eigenvalue weighted by Crippen LogP contribution is 2.24. The fourth-order valence-electron chi connectivity index (χ4n) is 3.57. The van der Waals surface area contributed by atoms with Gasteiger partial charge >= 0.3 is 6.03 Å². The summed E-state index contributed by atoms with van der Waals surface area (Å²) >= 11 is 0. The largest absolute Gasteiger partial charge is 0.393 e. The van der Waals surface area contributed by atoms with Crippen molar-refractivity contribution in [2.75, 3.05) is 11.9 Å². The minimum absolute atomic E-state index is 0.178. The van der Waals surface area contributed by atoms with Gasteiger partial charge in [0, 0.05) is 35.9 Å². The Morgan fingerprint density at radius 3 is 3.00 bits per heavy atom. The summed E-state index contributed by atoms with van der Waals surface area (Å²) in [7, 11) is 0. The number of anilines is 1. The van der Waals surface area contributed by atoms with Crippen LogP contribution in [-0.2, 0) is 6.54 Å². The number of carbonyl (C=O) groups is 1. The van der Waals surface area contributed by atoms with Gasteiger partial charge in [-0.2, -0.15) is 0 Å². The minimum atomic E-state index is -0.205.